The van der Waals surface area contributed by atoms with E-state index in [2.05, 4.69) is 19.2 Å². The van der Waals surface area contributed by atoms with E-state index in [1.165, 1.54) is 12.1 Å². The normalized spacial score (nSPS) is 11.1. The second-order valence-corrected chi connectivity index (χ2v) is 5.85. The van der Waals surface area contributed by atoms with Gasteiger partial charge in [0.05, 0.1) is 0 Å². The van der Waals surface area contributed by atoms with Crippen molar-refractivity contribution >= 4 is 23.2 Å². The van der Waals surface area contributed by atoms with Crippen molar-refractivity contribution < 1.29 is 4.39 Å². The first kappa shape index (κ1) is 15.3. The van der Waals surface area contributed by atoms with Crippen LogP contribution in [0, 0.1) is 5.82 Å². The lowest BCUT2D eigenvalue weighted by molar-refractivity contribution is 0.589. The number of benzene rings is 2. The lowest BCUT2D eigenvalue weighted by Crippen LogP contribution is -2.21. The van der Waals surface area contributed by atoms with Gasteiger partial charge in [-0.1, -0.05) is 49.2 Å². The predicted molar refractivity (Wildman–Crippen MR) is 83.8 cm³/mol. The molecule has 1 N–H and O–H groups in total. The predicted octanol–water partition coefficient (Wildman–Crippen LogP) is 5.30. The molecular formula is C16H16Cl2FN. The molecule has 0 radical (unpaired) electrons. The highest BCUT2D eigenvalue weighted by molar-refractivity contribution is 6.34. The highest BCUT2D eigenvalue weighted by Crippen LogP contribution is 2.31. The first-order valence-electron chi connectivity index (χ1n) is 6.44. The average Bonchev–Trinajstić information content (AvgIpc) is 2.35. The first-order chi connectivity index (χ1) is 9.45. The van der Waals surface area contributed by atoms with Crippen LogP contribution in [0.2, 0.25) is 10.0 Å². The molecule has 0 spiro atoms. The van der Waals surface area contributed by atoms with Crippen LogP contribution in [0.15, 0.2) is 36.4 Å². The summed E-state index contributed by atoms with van der Waals surface area (Å²) in [5.41, 5.74) is 2.56. The Balaban J connectivity index is 2.29. The highest BCUT2D eigenvalue weighted by Gasteiger charge is 2.07. The molecule has 0 aliphatic heterocycles. The molecule has 0 aromatic heterocycles. The van der Waals surface area contributed by atoms with E-state index in [9.17, 15) is 4.39 Å². The van der Waals surface area contributed by atoms with Crippen LogP contribution in [0.4, 0.5) is 4.39 Å². The standard InChI is InChI=1S/C16H16Cl2FN/c1-10(2)20-9-11-3-4-15(16(18)5-11)12-6-13(17)8-14(19)7-12/h3-8,10,20H,9H2,1-2H3. The maximum atomic E-state index is 13.4. The van der Waals surface area contributed by atoms with Gasteiger partial charge in [0.15, 0.2) is 0 Å². The fourth-order valence-corrected chi connectivity index (χ4v) is 2.47. The van der Waals surface area contributed by atoms with Crippen LogP contribution in [0.3, 0.4) is 0 Å². The molecule has 2 aromatic carbocycles. The molecule has 0 amide bonds. The minimum Gasteiger partial charge on any atom is -0.310 e. The lowest BCUT2D eigenvalue weighted by Gasteiger charge is -2.11. The lowest BCUT2D eigenvalue weighted by atomic mass is 10.0. The van der Waals surface area contributed by atoms with Crippen molar-refractivity contribution in [2.24, 2.45) is 0 Å². The summed E-state index contributed by atoms with van der Waals surface area (Å²) in [6.07, 6.45) is 0. The molecule has 2 aromatic rings. The minimum atomic E-state index is -0.367. The molecule has 106 valence electrons. The Kier molecular flexibility index (Phi) is 5.03. The van der Waals surface area contributed by atoms with E-state index in [-0.39, 0.29) is 5.82 Å². The SMILES string of the molecule is CC(C)NCc1ccc(-c2cc(F)cc(Cl)c2)c(Cl)c1. The Hall–Kier alpha value is -1.09. The van der Waals surface area contributed by atoms with Crippen LogP contribution in [0.1, 0.15) is 19.4 Å². The fraction of sp³-hybridized carbons (Fsp3) is 0.250. The Morgan fingerprint density at radius 1 is 1.10 bits per heavy atom. The molecule has 2 rings (SSSR count). The molecule has 0 heterocycles. The maximum Gasteiger partial charge on any atom is 0.125 e. The molecule has 0 unspecified atom stereocenters. The summed E-state index contributed by atoms with van der Waals surface area (Å²) < 4.78 is 13.4. The van der Waals surface area contributed by atoms with E-state index in [0.29, 0.717) is 21.7 Å². The molecular weight excluding hydrogens is 296 g/mol. The topological polar surface area (TPSA) is 12.0 Å². The van der Waals surface area contributed by atoms with Crippen LogP contribution < -0.4 is 5.32 Å². The molecule has 1 nitrogen and oxygen atoms in total. The van der Waals surface area contributed by atoms with E-state index in [0.717, 1.165) is 17.7 Å². The second kappa shape index (κ2) is 6.57. The Morgan fingerprint density at radius 2 is 1.85 bits per heavy atom. The zero-order valence-corrected chi connectivity index (χ0v) is 12.9. The van der Waals surface area contributed by atoms with Crippen LogP contribution in [-0.4, -0.2) is 6.04 Å². The first-order valence-corrected chi connectivity index (χ1v) is 7.19. The van der Waals surface area contributed by atoms with Gasteiger partial charge in [-0.25, -0.2) is 4.39 Å². The van der Waals surface area contributed by atoms with Gasteiger partial charge in [0.25, 0.3) is 0 Å². The molecule has 0 saturated carbocycles. The van der Waals surface area contributed by atoms with Gasteiger partial charge in [0.1, 0.15) is 5.82 Å². The van der Waals surface area contributed by atoms with Crippen molar-refractivity contribution in [2.75, 3.05) is 0 Å². The zero-order chi connectivity index (χ0) is 14.7. The van der Waals surface area contributed by atoms with Gasteiger partial charge in [-0.2, -0.15) is 0 Å². The molecule has 0 aliphatic rings. The van der Waals surface area contributed by atoms with E-state index >= 15 is 0 Å². The van der Waals surface area contributed by atoms with Gasteiger partial charge in [0.2, 0.25) is 0 Å². The maximum absolute atomic E-state index is 13.4. The third-order valence-corrected chi connectivity index (χ3v) is 3.45. The largest absolute Gasteiger partial charge is 0.310 e. The van der Waals surface area contributed by atoms with Crippen LogP contribution >= 0.6 is 23.2 Å². The summed E-state index contributed by atoms with van der Waals surface area (Å²) in [5, 5.41) is 4.28. The summed E-state index contributed by atoms with van der Waals surface area (Å²) in [4.78, 5) is 0. The summed E-state index contributed by atoms with van der Waals surface area (Å²) in [5.74, 6) is -0.367. The average molecular weight is 312 g/mol. The molecule has 0 bridgehead atoms. The number of hydrogen-bond acceptors (Lipinski definition) is 1. The Bertz CT molecular complexity index is 591. The molecule has 4 heteroatoms. The Labute approximate surface area is 128 Å². The van der Waals surface area contributed by atoms with Gasteiger partial charge in [-0.3, -0.25) is 0 Å². The van der Waals surface area contributed by atoms with Crippen molar-refractivity contribution in [3.8, 4) is 11.1 Å². The molecule has 0 aliphatic carbocycles. The van der Waals surface area contributed by atoms with Gasteiger partial charge >= 0.3 is 0 Å². The van der Waals surface area contributed by atoms with E-state index in [1.807, 2.05) is 18.2 Å². The summed E-state index contributed by atoms with van der Waals surface area (Å²) in [7, 11) is 0. The quantitative estimate of drug-likeness (QED) is 0.808. The Morgan fingerprint density at radius 3 is 2.45 bits per heavy atom. The third kappa shape index (κ3) is 3.95. The van der Waals surface area contributed by atoms with Gasteiger partial charge in [-0.05, 0) is 35.4 Å². The highest BCUT2D eigenvalue weighted by atomic mass is 35.5. The van der Waals surface area contributed by atoms with Gasteiger partial charge < -0.3 is 5.32 Å². The summed E-state index contributed by atoms with van der Waals surface area (Å²) in [6, 6.07) is 10.6. The minimum absolute atomic E-state index is 0.363. The molecule has 0 atom stereocenters. The zero-order valence-electron chi connectivity index (χ0n) is 11.4. The second-order valence-electron chi connectivity index (χ2n) is 5.01. The summed E-state index contributed by atoms with van der Waals surface area (Å²) >= 11 is 12.2. The van der Waals surface area contributed by atoms with Crippen molar-refractivity contribution in [3.05, 3.63) is 57.8 Å². The van der Waals surface area contributed by atoms with Crippen molar-refractivity contribution in [1.29, 1.82) is 0 Å². The van der Waals surface area contributed by atoms with Gasteiger partial charge in [0, 0.05) is 28.2 Å². The summed E-state index contributed by atoms with van der Waals surface area (Å²) in [6.45, 7) is 4.93. The number of halogens is 3. The van der Waals surface area contributed by atoms with Crippen LogP contribution in [0.5, 0.6) is 0 Å². The molecule has 20 heavy (non-hydrogen) atoms. The number of hydrogen-bond donors (Lipinski definition) is 1. The number of rotatable bonds is 4. The van der Waals surface area contributed by atoms with Crippen molar-refractivity contribution in [3.63, 3.8) is 0 Å². The third-order valence-electron chi connectivity index (χ3n) is 2.92. The fourth-order valence-electron chi connectivity index (χ4n) is 1.93. The van der Waals surface area contributed by atoms with Crippen LogP contribution in [-0.2, 0) is 6.54 Å². The smallest absolute Gasteiger partial charge is 0.125 e. The van der Waals surface area contributed by atoms with Crippen molar-refractivity contribution in [2.45, 2.75) is 26.4 Å². The van der Waals surface area contributed by atoms with Crippen LogP contribution in [0.25, 0.3) is 11.1 Å². The molecule has 0 saturated heterocycles. The van der Waals surface area contributed by atoms with Crippen molar-refractivity contribution in [1.82, 2.24) is 5.32 Å². The number of nitrogens with one attached hydrogen (secondary N) is 1. The van der Waals surface area contributed by atoms with Gasteiger partial charge in [-0.15, -0.1) is 0 Å². The van der Waals surface area contributed by atoms with E-state index in [1.54, 1.807) is 6.07 Å². The monoisotopic (exact) mass is 311 g/mol. The van der Waals surface area contributed by atoms with E-state index in [4.69, 9.17) is 23.2 Å². The van der Waals surface area contributed by atoms with E-state index < -0.39 is 0 Å². The molecule has 0 fully saturated rings.